The minimum absolute atomic E-state index is 0.0694. The van der Waals surface area contributed by atoms with E-state index in [1.807, 2.05) is 0 Å². The Morgan fingerprint density at radius 1 is 1.19 bits per heavy atom. The van der Waals surface area contributed by atoms with Gasteiger partial charge in [0.1, 0.15) is 5.82 Å². The first-order valence-electron chi connectivity index (χ1n) is 5.46. The van der Waals surface area contributed by atoms with Crippen LogP contribution >= 0.6 is 0 Å². The highest BCUT2D eigenvalue weighted by Crippen LogP contribution is 2.30. The van der Waals surface area contributed by atoms with Gasteiger partial charge < -0.3 is 5.32 Å². The molecule has 1 N–H and O–H groups in total. The highest BCUT2D eigenvalue weighted by molar-refractivity contribution is 5.29. The van der Waals surface area contributed by atoms with Crippen molar-refractivity contribution >= 4 is 0 Å². The topological polar surface area (TPSA) is 12.0 Å². The van der Waals surface area contributed by atoms with Crippen LogP contribution in [0.25, 0.3) is 0 Å². The van der Waals surface area contributed by atoms with Crippen LogP contribution in [0.15, 0.2) is 18.2 Å². The van der Waals surface area contributed by atoms with Gasteiger partial charge in [-0.3, -0.25) is 0 Å². The molecule has 0 unspecified atom stereocenters. The third-order valence-corrected chi connectivity index (χ3v) is 3.05. The SMILES string of the molecule is Fc1ccc(C(F)F)cc1C1CCNCC1. The van der Waals surface area contributed by atoms with Crippen LogP contribution in [-0.4, -0.2) is 13.1 Å². The number of alkyl halides is 2. The second kappa shape index (κ2) is 4.87. The van der Waals surface area contributed by atoms with Gasteiger partial charge in [-0.2, -0.15) is 0 Å². The van der Waals surface area contributed by atoms with Gasteiger partial charge in [0.05, 0.1) is 0 Å². The summed E-state index contributed by atoms with van der Waals surface area (Å²) in [5, 5.41) is 3.17. The molecule has 0 atom stereocenters. The van der Waals surface area contributed by atoms with Crippen LogP contribution in [0.3, 0.4) is 0 Å². The standard InChI is InChI=1S/C12H14F3N/c13-11-2-1-9(12(14)15)7-10(11)8-3-5-16-6-4-8/h1-2,7-8,12,16H,3-6H2. The fourth-order valence-electron chi connectivity index (χ4n) is 2.14. The molecule has 0 aliphatic carbocycles. The van der Waals surface area contributed by atoms with Crippen molar-refractivity contribution < 1.29 is 13.2 Å². The van der Waals surface area contributed by atoms with Gasteiger partial charge in [0, 0.05) is 5.56 Å². The second-order valence-electron chi connectivity index (χ2n) is 4.11. The molecule has 88 valence electrons. The first-order chi connectivity index (χ1) is 7.68. The molecule has 0 bridgehead atoms. The molecule has 1 fully saturated rings. The van der Waals surface area contributed by atoms with E-state index in [1.54, 1.807) is 0 Å². The van der Waals surface area contributed by atoms with Crippen molar-refractivity contribution in [2.24, 2.45) is 0 Å². The number of rotatable bonds is 2. The number of piperidine rings is 1. The fraction of sp³-hybridized carbons (Fsp3) is 0.500. The van der Waals surface area contributed by atoms with Gasteiger partial charge in [-0.05, 0) is 49.5 Å². The highest BCUT2D eigenvalue weighted by Gasteiger charge is 2.20. The van der Waals surface area contributed by atoms with Crippen LogP contribution in [0, 0.1) is 5.82 Å². The van der Waals surface area contributed by atoms with Crippen molar-refractivity contribution in [1.29, 1.82) is 0 Å². The van der Waals surface area contributed by atoms with E-state index in [9.17, 15) is 13.2 Å². The molecule has 1 aromatic carbocycles. The van der Waals surface area contributed by atoms with Crippen molar-refractivity contribution in [2.75, 3.05) is 13.1 Å². The largest absolute Gasteiger partial charge is 0.317 e. The molecule has 4 heteroatoms. The number of halogens is 3. The van der Waals surface area contributed by atoms with Crippen LogP contribution in [0.4, 0.5) is 13.2 Å². The van der Waals surface area contributed by atoms with E-state index in [-0.39, 0.29) is 17.3 Å². The molecule has 1 saturated heterocycles. The van der Waals surface area contributed by atoms with Gasteiger partial charge in [-0.25, -0.2) is 13.2 Å². The number of nitrogens with one attached hydrogen (secondary N) is 1. The first-order valence-corrected chi connectivity index (χ1v) is 5.46. The summed E-state index contributed by atoms with van der Waals surface area (Å²) in [4.78, 5) is 0. The summed E-state index contributed by atoms with van der Waals surface area (Å²) in [6.45, 7) is 1.64. The van der Waals surface area contributed by atoms with Crippen LogP contribution in [0.1, 0.15) is 36.3 Å². The minimum atomic E-state index is -2.53. The first kappa shape index (κ1) is 11.5. The third kappa shape index (κ3) is 2.38. The molecule has 1 aromatic rings. The zero-order valence-electron chi connectivity index (χ0n) is 8.85. The second-order valence-corrected chi connectivity index (χ2v) is 4.11. The molecule has 2 rings (SSSR count). The average Bonchev–Trinajstić information content (AvgIpc) is 2.30. The zero-order chi connectivity index (χ0) is 11.5. The van der Waals surface area contributed by atoms with E-state index in [0.29, 0.717) is 5.56 Å². The van der Waals surface area contributed by atoms with E-state index >= 15 is 0 Å². The summed E-state index contributed by atoms with van der Waals surface area (Å²) in [5.74, 6) is -0.295. The number of hydrogen-bond donors (Lipinski definition) is 1. The lowest BCUT2D eigenvalue weighted by atomic mass is 9.89. The van der Waals surface area contributed by atoms with E-state index in [1.165, 1.54) is 6.07 Å². The van der Waals surface area contributed by atoms with E-state index in [2.05, 4.69) is 5.32 Å². The maximum absolute atomic E-state index is 13.6. The van der Waals surface area contributed by atoms with Gasteiger partial charge in [-0.15, -0.1) is 0 Å². The van der Waals surface area contributed by atoms with Crippen molar-refractivity contribution in [3.05, 3.63) is 35.1 Å². The van der Waals surface area contributed by atoms with E-state index in [4.69, 9.17) is 0 Å². The molecule has 16 heavy (non-hydrogen) atoms. The summed E-state index contributed by atoms with van der Waals surface area (Å²) >= 11 is 0. The maximum Gasteiger partial charge on any atom is 0.263 e. The van der Waals surface area contributed by atoms with Gasteiger partial charge in [-0.1, -0.05) is 6.07 Å². The summed E-state index contributed by atoms with van der Waals surface area (Å²) in [7, 11) is 0. The lowest BCUT2D eigenvalue weighted by molar-refractivity contribution is 0.151. The molecule has 1 heterocycles. The van der Waals surface area contributed by atoms with E-state index < -0.39 is 6.43 Å². The van der Waals surface area contributed by atoms with Gasteiger partial charge in [0.25, 0.3) is 6.43 Å². The van der Waals surface area contributed by atoms with E-state index in [0.717, 1.165) is 38.1 Å². The Morgan fingerprint density at radius 2 is 1.88 bits per heavy atom. The van der Waals surface area contributed by atoms with Crippen LogP contribution < -0.4 is 5.32 Å². The molecular formula is C12H14F3N. The van der Waals surface area contributed by atoms with Crippen LogP contribution in [-0.2, 0) is 0 Å². The summed E-state index contributed by atoms with van der Waals surface area (Å²) in [6.07, 6.45) is -0.909. The lowest BCUT2D eigenvalue weighted by Gasteiger charge is -2.23. The predicted octanol–water partition coefficient (Wildman–Crippen LogP) is 3.23. The Labute approximate surface area is 92.7 Å². The molecule has 0 amide bonds. The van der Waals surface area contributed by atoms with Crippen molar-refractivity contribution in [1.82, 2.24) is 5.32 Å². The molecule has 1 nitrogen and oxygen atoms in total. The molecular weight excluding hydrogens is 215 g/mol. The summed E-state index contributed by atoms with van der Waals surface area (Å²) in [5.41, 5.74) is 0.356. The Hall–Kier alpha value is -1.03. The molecule has 0 aromatic heterocycles. The highest BCUT2D eigenvalue weighted by atomic mass is 19.3. The molecule has 0 radical (unpaired) electrons. The smallest absolute Gasteiger partial charge is 0.263 e. The molecule has 1 aliphatic rings. The van der Waals surface area contributed by atoms with Crippen molar-refractivity contribution in [2.45, 2.75) is 25.2 Å². The zero-order valence-corrected chi connectivity index (χ0v) is 8.85. The average molecular weight is 229 g/mol. The Bertz CT molecular complexity index is 359. The number of benzene rings is 1. The Balaban J connectivity index is 2.27. The number of hydrogen-bond acceptors (Lipinski definition) is 1. The van der Waals surface area contributed by atoms with Gasteiger partial charge in [0.15, 0.2) is 0 Å². The van der Waals surface area contributed by atoms with Gasteiger partial charge >= 0.3 is 0 Å². The summed E-state index contributed by atoms with van der Waals surface area (Å²) in [6, 6.07) is 3.62. The van der Waals surface area contributed by atoms with Gasteiger partial charge in [0.2, 0.25) is 0 Å². The van der Waals surface area contributed by atoms with Crippen LogP contribution in [0.5, 0.6) is 0 Å². The normalized spacial score (nSPS) is 18.0. The van der Waals surface area contributed by atoms with Crippen molar-refractivity contribution in [3.8, 4) is 0 Å². The Kier molecular flexibility index (Phi) is 3.49. The minimum Gasteiger partial charge on any atom is -0.317 e. The molecule has 0 saturated carbocycles. The third-order valence-electron chi connectivity index (χ3n) is 3.05. The predicted molar refractivity (Wildman–Crippen MR) is 56.2 cm³/mol. The monoisotopic (exact) mass is 229 g/mol. The van der Waals surface area contributed by atoms with Crippen LogP contribution in [0.2, 0.25) is 0 Å². The Morgan fingerprint density at radius 3 is 2.50 bits per heavy atom. The lowest BCUT2D eigenvalue weighted by Crippen LogP contribution is -2.27. The fourth-order valence-corrected chi connectivity index (χ4v) is 2.14. The quantitative estimate of drug-likeness (QED) is 0.821. The molecule has 0 spiro atoms. The molecule has 1 aliphatic heterocycles. The van der Waals surface area contributed by atoms with Crippen molar-refractivity contribution in [3.63, 3.8) is 0 Å². The maximum atomic E-state index is 13.6. The summed E-state index contributed by atoms with van der Waals surface area (Å²) < 4.78 is 38.6.